The van der Waals surface area contributed by atoms with E-state index in [1.165, 1.54) is 0 Å². The Morgan fingerprint density at radius 1 is 1.71 bits per heavy atom. The maximum Gasteiger partial charge on any atom is 0.332 e. The third kappa shape index (κ3) is 3.61. The Balaban J connectivity index is 2.21. The van der Waals surface area contributed by atoms with Crippen molar-refractivity contribution in [2.45, 2.75) is 18.9 Å². The fourth-order valence-corrected chi connectivity index (χ4v) is 1.40. The number of aliphatic carboxylic acids is 1. The summed E-state index contributed by atoms with van der Waals surface area (Å²) in [6.45, 7) is 2.21. The molecule has 0 aliphatic carbocycles. The van der Waals surface area contributed by atoms with Gasteiger partial charge in [0.25, 0.3) is 0 Å². The zero-order valence-electron chi connectivity index (χ0n) is 8.15. The van der Waals surface area contributed by atoms with E-state index in [0.29, 0.717) is 32.1 Å². The summed E-state index contributed by atoms with van der Waals surface area (Å²) < 4.78 is 10.4. The molecule has 3 N–H and O–H groups in total. The van der Waals surface area contributed by atoms with Crippen LogP contribution in [0.4, 0.5) is 0 Å². The first kappa shape index (κ1) is 11.4. The van der Waals surface area contributed by atoms with E-state index in [1.807, 2.05) is 0 Å². The van der Waals surface area contributed by atoms with Crippen LogP contribution in [0, 0.1) is 5.92 Å². The van der Waals surface area contributed by atoms with Crippen molar-refractivity contribution < 1.29 is 19.4 Å². The molecule has 1 rings (SSSR count). The van der Waals surface area contributed by atoms with Crippen LogP contribution in [0.3, 0.4) is 0 Å². The van der Waals surface area contributed by atoms with Crippen LogP contribution in [0.25, 0.3) is 0 Å². The molecule has 0 aromatic heterocycles. The second-order valence-electron chi connectivity index (χ2n) is 3.47. The highest BCUT2D eigenvalue weighted by atomic mass is 16.5. The molecule has 0 bridgehead atoms. The van der Waals surface area contributed by atoms with Crippen LogP contribution in [-0.4, -0.2) is 43.5 Å². The van der Waals surface area contributed by atoms with Crippen LogP contribution < -0.4 is 5.73 Å². The molecule has 0 radical (unpaired) electrons. The average molecular weight is 203 g/mol. The van der Waals surface area contributed by atoms with Crippen molar-refractivity contribution in [3.05, 3.63) is 0 Å². The number of hydrogen-bond acceptors (Lipinski definition) is 4. The number of carboxylic acid groups (broad SMARTS) is 1. The maximum atomic E-state index is 10.7. The largest absolute Gasteiger partial charge is 0.479 e. The summed E-state index contributed by atoms with van der Waals surface area (Å²) in [6, 6.07) is 0. The summed E-state index contributed by atoms with van der Waals surface area (Å²) in [7, 11) is 0. The molecule has 1 saturated heterocycles. The van der Waals surface area contributed by atoms with Crippen molar-refractivity contribution in [1.29, 1.82) is 0 Å². The molecule has 0 aromatic carbocycles. The lowest BCUT2D eigenvalue weighted by Crippen LogP contribution is -2.29. The van der Waals surface area contributed by atoms with Crippen LogP contribution in [0.15, 0.2) is 0 Å². The van der Waals surface area contributed by atoms with Gasteiger partial charge in [0.1, 0.15) is 0 Å². The van der Waals surface area contributed by atoms with E-state index in [4.69, 9.17) is 20.3 Å². The van der Waals surface area contributed by atoms with Crippen LogP contribution in [0.2, 0.25) is 0 Å². The van der Waals surface area contributed by atoms with Gasteiger partial charge in [-0.15, -0.1) is 0 Å². The average Bonchev–Trinajstić information content (AvgIpc) is 2.64. The van der Waals surface area contributed by atoms with Gasteiger partial charge in [-0.3, -0.25) is 0 Å². The van der Waals surface area contributed by atoms with Gasteiger partial charge in [-0.2, -0.15) is 0 Å². The molecule has 5 nitrogen and oxygen atoms in total. The van der Waals surface area contributed by atoms with Crippen LogP contribution in [0.5, 0.6) is 0 Å². The standard InChI is InChI=1S/C9H17NO4/c10-3-1-8(9(11)12)14-6-7-2-4-13-5-7/h7-8H,1-6,10H2,(H,11,12). The van der Waals surface area contributed by atoms with Crippen molar-refractivity contribution in [2.75, 3.05) is 26.4 Å². The Hall–Kier alpha value is -0.650. The van der Waals surface area contributed by atoms with E-state index in [2.05, 4.69) is 0 Å². The Bertz CT molecular complexity index is 180. The summed E-state index contributed by atoms with van der Waals surface area (Å²) in [6.07, 6.45) is 0.554. The lowest BCUT2D eigenvalue weighted by atomic mass is 10.1. The Morgan fingerprint density at radius 3 is 3.00 bits per heavy atom. The van der Waals surface area contributed by atoms with Gasteiger partial charge in [0.15, 0.2) is 6.10 Å². The van der Waals surface area contributed by atoms with E-state index in [-0.39, 0.29) is 0 Å². The molecule has 82 valence electrons. The Morgan fingerprint density at radius 2 is 2.50 bits per heavy atom. The molecule has 1 heterocycles. The Labute approximate surface area is 83.2 Å². The van der Waals surface area contributed by atoms with E-state index in [9.17, 15) is 4.79 Å². The normalized spacial score (nSPS) is 23.6. The summed E-state index contributed by atoms with van der Waals surface area (Å²) in [5.41, 5.74) is 5.28. The highest BCUT2D eigenvalue weighted by molar-refractivity contribution is 5.72. The molecule has 1 aliphatic rings. The summed E-state index contributed by atoms with van der Waals surface area (Å²) in [5.74, 6) is -0.594. The van der Waals surface area contributed by atoms with Gasteiger partial charge in [0.05, 0.1) is 13.2 Å². The zero-order chi connectivity index (χ0) is 10.4. The summed E-state index contributed by atoms with van der Waals surface area (Å²) >= 11 is 0. The fraction of sp³-hybridized carbons (Fsp3) is 0.889. The van der Waals surface area contributed by atoms with E-state index < -0.39 is 12.1 Å². The topological polar surface area (TPSA) is 81.8 Å². The van der Waals surface area contributed by atoms with Gasteiger partial charge in [0, 0.05) is 12.5 Å². The molecule has 2 atom stereocenters. The second-order valence-corrected chi connectivity index (χ2v) is 3.47. The predicted octanol–water partition coefficient (Wildman–Crippen LogP) is -0.159. The molecule has 2 unspecified atom stereocenters. The maximum absolute atomic E-state index is 10.7. The smallest absolute Gasteiger partial charge is 0.332 e. The van der Waals surface area contributed by atoms with Crippen molar-refractivity contribution in [1.82, 2.24) is 0 Å². The molecule has 14 heavy (non-hydrogen) atoms. The first-order valence-electron chi connectivity index (χ1n) is 4.86. The van der Waals surface area contributed by atoms with Crippen LogP contribution in [-0.2, 0) is 14.3 Å². The van der Waals surface area contributed by atoms with Gasteiger partial charge < -0.3 is 20.3 Å². The minimum absolute atomic E-state index is 0.331. The monoisotopic (exact) mass is 203 g/mol. The molecular formula is C9H17NO4. The predicted molar refractivity (Wildman–Crippen MR) is 50.0 cm³/mol. The van der Waals surface area contributed by atoms with Crippen molar-refractivity contribution in [2.24, 2.45) is 11.7 Å². The molecular weight excluding hydrogens is 186 g/mol. The number of ether oxygens (including phenoxy) is 2. The summed E-state index contributed by atoms with van der Waals surface area (Å²) in [4.78, 5) is 10.7. The van der Waals surface area contributed by atoms with Gasteiger partial charge in [-0.1, -0.05) is 0 Å². The first-order valence-corrected chi connectivity index (χ1v) is 4.86. The van der Waals surface area contributed by atoms with E-state index in [0.717, 1.165) is 13.0 Å². The highest BCUT2D eigenvalue weighted by Crippen LogP contribution is 2.13. The van der Waals surface area contributed by atoms with Crippen molar-refractivity contribution in [3.63, 3.8) is 0 Å². The van der Waals surface area contributed by atoms with Gasteiger partial charge >= 0.3 is 5.97 Å². The number of carbonyl (C=O) groups is 1. The quantitative estimate of drug-likeness (QED) is 0.627. The fourth-order valence-electron chi connectivity index (χ4n) is 1.40. The molecule has 0 saturated carbocycles. The van der Waals surface area contributed by atoms with Crippen LogP contribution >= 0.6 is 0 Å². The van der Waals surface area contributed by atoms with Gasteiger partial charge in [0.2, 0.25) is 0 Å². The van der Waals surface area contributed by atoms with E-state index in [1.54, 1.807) is 0 Å². The second kappa shape index (κ2) is 5.95. The molecule has 0 spiro atoms. The van der Waals surface area contributed by atoms with Crippen molar-refractivity contribution in [3.8, 4) is 0 Å². The van der Waals surface area contributed by atoms with Gasteiger partial charge in [-0.25, -0.2) is 4.79 Å². The number of rotatable bonds is 6. The zero-order valence-corrected chi connectivity index (χ0v) is 8.15. The molecule has 1 fully saturated rings. The molecule has 0 aromatic rings. The van der Waals surface area contributed by atoms with Crippen LogP contribution in [0.1, 0.15) is 12.8 Å². The summed E-state index contributed by atoms with van der Waals surface area (Å²) in [5, 5.41) is 8.77. The lowest BCUT2D eigenvalue weighted by molar-refractivity contribution is -0.151. The highest BCUT2D eigenvalue weighted by Gasteiger charge is 2.21. The van der Waals surface area contributed by atoms with Gasteiger partial charge in [-0.05, 0) is 19.4 Å². The third-order valence-corrected chi connectivity index (χ3v) is 2.26. The Kier molecular flexibility index (Phi) is 4.86. The third-order valence-electron chi connectivity index (χ3n) is 2.26. The minimum Gasteiger partial charge on any atom is -0.479 e. The number of nitrogens with two attached hydrogens (primary N) is 1. The van der Waals surface area contributed by atoms with Crippen molar-refractivity contribution >= 4 is 5.97 Å². The molecule has 5 heteroatoms. The number of hydrogen-bond donors (Lipinski definition) is 2. The molecule has 1 aliphatic heterocycles. The SMILES string of the molecule is NCCC(OCC1CCOC1)C(=O)O. The minimum atomic E-state index is -0.936. The lowest BCUT2D eigenvalue weighted by Gasteiger charge is -2.14. The first-order chi connectivity index (χ1) is 6.74. The van der Waals surface area contributed by atoms with E-state index >= 15 is 0 Å². The number of carboxylic acids is 1. The molecule has 0 amide bonds.